The number of carbonyl (C=O) groups is 1. The largest absolute Gasteiger partial charge is 0.495 e. The predicted molar refractivity (Wildman–Crippen MR) is 73.3 cm³/mol. The second kappa shape index (κ2) is 6.32. The lowest BCUT2D eigenvalue weighted by atomic mass is 10.1. The van der Waals surface area contributed by atoms with E-state index in [9.17, 15) is 9.90 Å². The molecule has 0 spiro atoms. The lowest BCUT2D eigenvalue weighted by Gasteiger charge is -2.25. The Bertz CT molecular complexity index is 516. The number of hydrogen-bond acceptors (Lipinski definition) is 6. The Labute approximate surface area is 124 Å². The lowest BCUT2D eigenvalue weighted by Crippen LogP contribution is -2.21. The van der Waals surface area contributed by atoms with Gasteiger partial charge in [0.15, 0.2) is 17.6 Å². The van der Waals surface area contributed by atoms with Crippen LogP contribution in [0.1, 0.15) is 18.6 Å². The first-order valence-corrected chi connectivity index (χ1v) is 6.90. The molecule has 1 aromatic rings. The van der Waals surface area contributed by atoms with Crippen LogP contribution in [0.4, 0.5) is 0 Å². The van der Waals surface area contributed by atoms with E-state index < -0.39 is 12.1 Å². The van der Waals surface area contributed by atoms with Crippen LogP contribution in [0.25, 0.3) is 0 Å². The topological polar surface area (TPSA) is 74.2 Å². The fourth-order valence-corrected chi connectivity index (χ4v) is 2.54. The molecule has 1 N–H and O–H groups in total. The molecule has 0 radical (unpaired) electrons. The summed E-state index contributed by atoms with van der Waals surface area (Å²) in [6, 6.07) is 1.68. The maximum Gasteiger partial charge on any atom is 0.339 e. The van der Waals surface area contributed by atoms with Crippen molar-refractivity contribution < 1.29 is 28.8 Å². The van der Waals surface area contributed by atoms with Gasteiger partial charge in [-0.1, -0.05) is 0 Å². The lowest BCUT2D eigenvalue weighted by molar-refractivity contribution is -0.153. The maximum atomic E-state index is 11.8. The van der Waals surface area contributed by atoms with Crippen LogP contribution < -0.4 is 14.2 Å². The Morgan fingerprint density at radius 3 is 2.85 bits per heavy atom. The van der Waals surface area contributed by atoms with Gasteiger partial charge in [0, 0.05) is 6.07 Å². The highest BCUT2D eigenvalue weighted by molar-refractivity contribution is 9.10. The summed E-state index contributed by atoms with van der Waals surface area (Å²) in [5.74, 6) is 0.300. The van der Waals surface area contributed by atoms with E-state index in [0.717, 1.165) is 0 Å². The van der Waals surface area contributed by atoms with Crippen LogP contribution in [0.5, 0.6) is 17.2 Å². The van der Waals surface area contributed by atoms with Gasteiger partial charge in [0.25, 0.3) is 0 Å². The number of fused-ring (bicyclic) bond motifs is 1. The first-order valence-electron chi connectivity index (χ1n) is 6.10. The number of carbonyl (C=O) groups excluding carboxylic acids is 1. The molecule has 0 saturated carbocycles. The van der Waals surface area contributed by atoms with Gasteiger partial charge in [0.2, 0.25) is 0 Å². The third-order valence-electron chi connectivity index (χ3n) is 2.76. The van der Waals surface area contributed by atoms with Gasteiger partial charge in [-0.05, 0) is 22.9 Å². The second-order valence-electron chi connectivity index (χ2n) is 3.98. The number of hydrogen-bond donors (Lipinski definition) is 1. The Hall–Kier alpha value is -1.47. The van der Waals surface area contributed by atoms with E-state index in [0.29, 0.717) is 34.9 Å². The molecule has 1 unspecified atom stereocenters. The highest BCUT2D eigenvalue weighted by atomic mass is 79.9. The zero-order valence-corrected chi connectivity index (χ0v) is 12.7. The molecule has 0 aromatic heterocycles. The molecule has 7 heteroatoms. The first-order chi connectivity index (χ1) is 9.60. The van der Waals surface area contributed by atoms with Gasteiger partial charge in [0.1, 0.15) is 19.0 Å². The summed E-state index contributed by atoms with van der Waals surface area (Å²) in [6.07, 6.45) is -1.50. The number of halogens is 1. The third kappa shape index (κ3) is 2.69. The number of ether oxygens (including phenoxy) is 4. The third-order valence-corrected chi connectivity index (χ3v) is 3.35. The van der Waals surface area contributed by atoms with Crippen LogP contribution >= 0.6 is 15.9 Å². The summed E-state index contributed by atoms with van der Waals surface area (Å²) < 4.78 is 21.6. The molecule has 0 saturated heterocycles. The number of methoxy groups -OCH3 is 1. The van der Waals surface area contributed by atoms with Crippen molar-refractivity contribution >= 4 is 21.9 Å². The molecule has 0 amide bonds. The van der Waals surface area contributed by atoms with Gasteiger partial charge in [-0.15, -0.1) is 0 Å². The maximum absolute atomic E-state index is 11.8. The zero-order chi connectivity index (χ0) is 14.7. The second-order valence-corrected chi connectivity index (χ2v) is 4.84. The monoisotopic (exact) mass is 346 g/mol. The molecule has 1 aliphatic rings. The molecule has 0 aliphatic carbocycles. The van der Waals surface area contributed by atoms with Crippen LogP contribution in [-0.4, -0.2) is 38.0 Å². The van der Waals surface area contributed by atoms with Gasteiger partial charge in [0.05, 0.1) is 23.8 Å². The molecule has 1 atom stereocenters. The molecule has 0 bridgehead atoms. The van der Waals surface area contributed by atoms with Crippen molar-refractivity contribution in [1.29, 1.82) is 0 Å². The molecule has 1 heterocycles. The van der Waals surface area contributed by atoms with Crippen molar-refractivity contribution in [2.75, 3.05) is 26.9 Å². The van der Waals surface area contributed by atoms with E-state index in [1.165, 1.54) is 7.11 Å². The molecule has 0 fully saturated rings. The van der Waals surface area contributed by atoms with Gasteiger partial charge >= 0.3 is 5.97 Å². The zero-order valence-electron chi connectivity index (χ0n) is 11.1. The van der Waals surface area contributed by atoms with E-state index in [2.05, 4.69) is 15.9 Å². The van der Waals surface area contributed by atoms with E-state index in [4.69, 9.17) is 18.9 Å². The summed E-state index contributed by atoms with van der Waals surface area (Å²) in [4.78, 5) is 11.8. The van der Waals surface area contributed by atoms with Crippen molar-refractivity contribution in [1.82, 2.24) is 0 Å². The Morgan fingerprint density at radius 1 is 1.50 bits per heavy atom. The molecule has 110 valence electrons. The van der Waals surface area contributed by atoms with Crippen LogP contribution in [0.15, 0.2) is 10.5 Å². The fourth-order valence-electron chi connectivity index (χ4n) is 1.96. The average molecular weight is 347 g/mol. The molecule has 2 rings (SSSR count). The molecule has 1 aliphatic heterocycles. The Kier molecular flexibility index (Phi) is 4.72. The summed E-state index contributed by atoms with van der Waals surface area (Å²) in [6.45, 7) is 2.57. The molecular weight excluding hydrogens is 332 g/mol. The van der Waals surface area contributed by atoms with Crippen molar-refractivity contribution in [2.24, 2.45) is 0 Å². The predicted octanol–water partition coefficient (Wildman–Crippen LogP) is 1.83. The van der Waals surface area contributed by atoms with Crippen LogP contribution in [-0.2, 0) is 9.53 Å². The molecule has 6 nitrogen and oxygen atoms in total. The SMILES string of the molecule is CCOC(=O)C(O)c1c(OC)c(Br)cc2c1OCCO2. The minimum atomic E-state index is -1.50. The molecule has 20 heavy (non-hydrogen) atoms. The van der Waals surface area contributed by atoms with Gasteiger partial charge < -0.3 is 24.1 Å². The highest BCUT2D eigenvalue weighted by Gasteiger charge is 2.32. The van der Waals surface area contributed by atoms with E-state index >= 15 is 0 Å². The minimum Gasteiger partial charge on any atom is -0.495 e. The summed E-state index contributed by atoms with van der Waals surface area (Å²) in [5.41, 5.74) is 0.204. The van der Waals surface area contributed by atoms with Crippen LogP contribution in [0.3, 0.4) is 0 Å². The van der Waals surface area contributed by atoms with Crippen LogP contribution in [0.2, 0.25) is 0 Å². The van der Waals surface area contributed by atoms with Gasteiger partial charge in [-0.3, -0.25) is 0 Å². The van der Waals surface area contributed by atoms with Crippen LogP contribution in [0, 0.1) is 0 Å². The average Bonchev–Trinajstić information content (AvgIpc) is 2.45. The highest BCUT2D eigenvalue weighted by Crippen LogP contribution is 2.47. The minimum absolute atomic E-state index is 0.172. The quantitative estimate of drug-likeness (QED) is 0.838. The van der Waals surface area contributed by atoms with Crippen molar-refractivity contribution in [3.63, 3.8) is 0 Å². The van der Waals surface area contributed by atoms with Gasteiger partial charge in [-0.25, -0.2) is 4.79 Å². The molecule has 1 aromatic carbocycles. The van der Waals surface area contributed by atoms with Crippen molar-refractivity contribution in [2.45, 2.75) is 13.0 Å². The van der Waals surface area contributed by atoms with E-state index in [-0.39, 0.29) is 12.2 Å². The Morgan fingerprint density at radius 2 is 2.20 bits per heavy atom. The fraction of sp³-hybridized carbons (Fsp3) is 0.462. The Balaban J connectivity index is 2.53. The summed E-state index contributed by atoms with van der Waals surface area (Å²) in [7, 11) is 1.44. The van der Waals surface area contributed by atoms with Gasteiger partial charge in [-0.2, -0.15) is 0 Å². The number of aliphatic hydroxyl groups excluding tert-OH is 1. The number of esters is 1. The summed E-state index contributed by atoms with van der Waals surface area (Å²) >= 11 is 3.32. The van der Waals surface area contributed by atoms with Crippen molar-refractivity contribution in [3.05, 3.63) is 16.1 Å². The molecular formula is C13H15BrO6. The first kappa shape index (κ1) is 14.9. The smallest absolute Gasteiger partial charge is 0.339 e. The normalized spacial score (nSPS) is 14.6. The summed E-state index contributed by atoms with van der Waals surface area (Å²) in [5, 5.41) is 10.2. The van der Waals surface area contributed by atoms with E-state index in [1.54, 1.807) is 13.0 Å². The van der Waals surface area contributed by atoms with Crippen molar-refractivity contribution in [3.8, 4) is 17.2 Å². The number of aliphatic hydroxyl groups is 1. The standard InChI is InChI=1S/C13H15BrO6/c1-3-18-13(16)10(15)9-11(17-2)7(14)6-8-12(9)20-5-4-19-8/h6,10,15H,3-5H2,1-2H3. The number of benzene rings is 1. The van der Waals surface area contributed by atoms with E-state index in [1.807, 2.05) is 0 Å². The number of rotatable bonds is 4.